The predicted octanol–water partition coefficient (Wildman–Crippen LogP) is 2.61. The molecule has 4 nitrogen and oxygen atoms in total. The summed E-state index contributed by atoms with van der Waals surface area (Å²) in [6.45, 7) is 7.20. The maximum Gasteiger partial charge on any atom is 0.133 e. The molecule has 4 heteroatoms. The van der Waals surface area contributed by atoms with E-state index in [2.05, 4.69) is 29.8 Å². The van der Waals surface area contributed by atoms with Gasteiger partial charge in [0.05, 0.1) is 6.61 Å². The van der Waals surface area contributed by atoms with Gasteiger partial charge in [0.1, 0.15) is 11.6 Å². The van der Waals surface area contributed by atoms with Crippen LogP contribution in [0.1, 0.15) is 44.9 Å². The van der Waals surface area contributed by atoms with Crippen molar-refractivity contribution in [1.82, 2.24) is 9.97 Å². The molecular formula is C15H23N3O. The lowest BCUT2D eigenvalue weighted by Crippen LogP contribution is -2.32. The third-order valence-corrected chi connectivity index (χ3v) is 3.94. The number of hydrogen-bond donors (Lipinski definition) is 0. The zero-order valence-corrected chi connectivity index (χ0v) is 11.9. The fourth-order valence-electron chi connectivity index (χ4n) is 2.62. The lowest BCUT2D eigenvalue weighted by molar-refractivity contribution is 0.186. The molecule has 1 aliphatic heterocycles. The minimum atomic E-state index is 0.385. The summed E-state index contributed by atoms with van der Waals surface area (Å²) in [6.07, 6.45) is 5.69. The highest BCUT2D eigenvalue weighted by atomic mass is 16.5. The van der Waals surface area contributed by atoms with E-state index in [0.717, 1.165) is 31.4 Å². The Kier molecular flexibility index (Phi) is 3.69. The van der Waals surface area contributed by atoms with Gasteiger partial charge in [0, 0.05) is 37.2 Å². The van der Waals surface area contributed by atoms with Gasteiger partial charge in [0.15, 0.2) is 0 Å². The first-order valence-corrected chi connectivity index (χ1v) is 7.41. The Bertz CT molecular complexity index is 425. The molecule has 0 aromatic carbocycles. The number of aromatic nitrogens is 2. The van der Waals surface area contributed by atoms with E-state index in [9.17, 15) is 0 Å². The van der Waals surface area contributed by atoms with Crippen molar-refractivity contribution in [3.63, 3.8) is 0 Å². The second-order valence-electron chi connectivity index (χ2n) is 6.04. The van der Waals surface area contributed by atoms with Crippen LogP contribution >= 0.6 is 0 Å². The number of anilines is 1. The molecule has 1 saturated heterocycles. The molecule has 1 atom stereocenters. The standard InChI is InChI=1S/C15H23N3O/c1-11(2)15-16-7-5-14(17-15)18(13-3-4-13)9-12-6-8-19-10-12/h5,7,11-13H,3-4,6,8-10H2,1-2H3. The number of hydrogen-bond acceptors (Lipinski definition) is 4. The molecule has 2 aliphatic rings. The van der Waals surface area contributed by atoms with Gasteiger partial charge in [-0.15, -0.1) is 0 Å². The minimum Gasteiger partial charge on any atom is -0.381 e. The van der Waals surface area contributed by atoms with E-state index in [0.29, 0.717) is 17.9 Å². The second kappa shape index (κ2) is 5.45. The maximum atomic E-state index is 5.50. The highest BCUT2D eigenvalue weighted by Crippen LogP contribution is 2.32. The van der Waals surface area contributed by atoms with Gasteiger partial charge in [-0.3, -0.25) is 0 Å². The van der Waals surface area contributed by atoms with Crippen molar-refractivity contribution in [2.75, 3.05) is 24.7 Å². The lowest BCUT2D eigenvalue weighted by atomic mass is 10.1. The van der Waals surface area contributed by atoms with Crippen molar-refractivity contribution < 1.29 is 4.74 Å². The third-order valence-electron chi connectivity index (χ3n) is 3.94. The van der Waals surface area contributed by atoms with Gasteiger partial charge in [0.2, 0.25) is 0 Å². The van der Waals surface area contributed by atoms with Gasteiger partial charge in [-0.05, 0) is 25.3 Å². The second-order valence-corrected chi connectivity index (χ2v) is 6.04. The third kappa shape index (κ3) is 3.06. The number of rotatable bonds is 5. The van der Waals surface area contributed by atoms with Gasteiger partial charge in [-0.25, -0.2) is 9.97 Å². The molecule has 104 valence electrons. The fraction of sp³-hybridized carbons (Fsp3) is 0.733. The van der Waals surface area contributed by atoms with Crippen molar-refractivity contribution in [1.29, 1.82) is 0 Å². The van der Waals surface area contributed by atoms with Crippen LogP contribution in [-0.4, -0.2) is 35.8 Å². The van der Waals surface area contributed by atoms with Crippen LogP contribution in [0.2, 0.25) is 0 Å². The molecule has 1 aromatic heterocycles. The average molecular weight is 261 g/mol. The van der Waals surface area contributed by atoms with Gasteiger partial charge in [-0.1, -0.05) is 13.8 Å². The fourth-order valence-corrected chi connectivity index (χ4v) is 2.62. The molecule has 2 fully saturated rings. The molecule has 3 rings (SSSR count). The molecule has 1 aromatic rings. The Hall–Kier alpha value is -1.16. The van der Waals surface area contributed by atoms with Crippen molar-refractivity contribution in [3.05, 3.63) is 18.1 Å². The van der Waals surface area contributed by atoms with Gasteiger partial charge in [-0.2, -0.15) is 0 Å². The molecule has 19 heavy (non-hydrogen) atoms. The van der Waals surface area contributed by atoms with E-state index in [1.54, 1.807) is 0 Å². The molecule has 0 radical (unpaired) electrons. The first kappa shape index (κ1) is 12.9. The van der Waals surface area contributed by atoms with E-state index in [-0.39, 0.29) is 0 Å². The topological polar surface area (TPSA) is 38.2 Å². The van der Waals surface area contributed by atoms with Crippen LogP contribution in [0.25, 0.3) is 0 Å². The summed E-state index contributed by atoms with van der Waals surface area (Å²) in [5.41, 5.74) is 0. The molecule has 0 spiro atoms. The van der Waals surface area contributed by atoms with Crippen LogP contribution in [0, 0.1) is 5.92 Å². The minimum absolute atomic E-state index is 0.385. The smallest absolute Gasteiger partial charge is 0.133 e. The first-order valence-electron chi connectivity index (χ1n) is 7.41. The zero-order valence-electron chi connectivity index (χ0n) is 11.9. The Morgan fingerprint density at radius 3 is 2.84 bits per heavy atom. The molecular weight excluding hydrogens is 238 g/mol. The lowest BCUT2D eigenvalue weighted by Gasteiger charge is -2.26. The van der Waals surface area contributed by atoms with Crippen LogP contribution in [0.4, 0.5) is 5.82 Å². The van der Waals surface area contributed by atoms with Crippen molar-refractivity contribution in [2.24, 2.45) is 5.92 Å². The first-order chi connectivity index (χ1) is 9.24. The largest absolute Gasteiger partial charge is 0.381 e. The molecule has 1 aliphatic carbocycles. The summed E-state index contributed by atoms with van der Waals surface area (Å²) >= 11 is 0. The van der Waals surface area contributed by atoms with E-state index in [1.807, 2.05) is 6.20 Å². The Morgan fingerprint density at radius 1 is 1.37 bits per heavy atom. The molecule has 0 bridgehead atoms. The summed E-state index contributed by atoms with van der Waals surface area (Å²) in [5, 5.41) is 0. The van der Waals surface area contributed by atoms with E-state index in [4.69, 9.17) is 9.72 Å². The number of ether oxygens (including phenoxy) is 1. The average Bonchev–Trinajstić information content (AvgIpc) is 3.13. The Balaban J connectivity index is 1.77. The van der Waals surface area contributed by atoms with Gasteiger partial charge >= 0.3 is 0 Å². The van der Waals surface area contributed by atoms with E-state index >= 15 is 0 Å². The monoisotopic (exact) mass is 261 g/mol. The summed E-state index contributed by atoms with van der Waals surface area (Å²) in [7, 11) is 0. The quantitative estimate of drug-likeness (QED) is 0.816. The summed E-state index contributed by atoms with van der Waals surface area (Å²) in [5.74, 6) is 3.10. The van der Waals surface area contributed by atoms with E-state index < -0.39 is 0 Å². The SMILES string of the molecule is CC(C)c1nccc(N(CC2CCOC2)C2CC2)n1. The van der Waals surface area contributed by atoms with Crippen molar-refractivity contribution in [3.8, 4) is 0 Å². The predicted molar refractivity (Wildman–Crippen MR) is 75.4 cm³/mol. The van der Waals surface area contributed by atoms with Crippen molar-refractivity contribution >= 4 is 5.82 Å². The molecule has 1 unspecified atom stereocenters. The zero-order chi connectivity index (χ0) is 13.2. The van der Waals surface area contributed by atoms with E-state index in [1.165, 1.54) is 19.3 Å². The van der Waals surface area contributed by atoms with Gasteiger partial charge < -0.3 is 9.64 Å². The summed E-state index contributed by atoms with van der Waals surface area (Å²) < 4.78 is 5.50. The molecule has 2 heterocycles. The highest BCUT2D eigenvalue weighted by Gasteiger charge is 2.32. The number of nitrogens with zero attached hydrogens (tertiary/aromatic N) is 3. The Labute approximate surface area is 115 Å². The normalized spacial score (nSPS) is 23.0. The Morgan fingerprint density at radius 2 is 2.21 bits per heavy atom. The van der Waals surface area contributed by atoms with Crippen LogP contribution in [-0.2, 0) is 4.74 Å². The summed E-state index contributed by atoms with van der Waals surface area (Å²) in [6, 6.07) is 2.75. The molecule has 0 amide bonds. The van der Waals surface area contributed by atoms with Crippen molar-refractivity contribution in [2.45, 2.75) is 45.1 Å². The maximum absolute atomic E-state index is 5.50. The van der Waals surface area contributed by atoms with Crippen LogP contribution < -0.4 is 4.90 Å². The highest BCUT2D eigenvalue weighted by molar-refractivity contribution is 5.41. The molecule has 1 saturated carbocycles. The summed E-state index contributed by atoms with van der Waals surface area (Å²) in [4.78, 5) is 11.6. The van der Waals surface area contributed by atoms with Crippen LogP contribution in [0.5, 0.6) is 0 Å². The van der Waals surface area contributed by atoms with Crippen LogP contribution in [0.15, 0.2) is 12.3 Å². The van der Waals surface area contributed by atoms with Gasteiger partial charge in [0.25, 0.3) is 0 Å². The van der Waals surface area contributed by atoms with Crippen LogP contribution in [0.3, 0.4) is 0 Å². The molecule has 0 N–H and O–H groups in total.